The molecule has 2 nitrogen and oxygen atoms in total. The monoisotopic (exact) mass is 350 g/mol. The van der Waals surface area contributed by atoms with E-state index in [1.165, 1.54) is 5.56 Å². The van der Waals surface area contributed by atoms with Crippen LogP contribution in [0.1, 0.15) is 5.56 Å². The summed E-state index contributed by atoms with van der Waals surface area (Å²) >= 11 is 6.84. The molecule has 90 valence electrons. The number of hydrogen-bond donors (Lipinski definition) is 0. The number of halogens is 2. The molecule has 0 heterocycles. The van der Waals surface area contributed by atoms with Crippen molar-refractivity contribution in [1.82, 2.24) is 0 Å². The molecule has 0 aliphatic carbocycles. The Hall–Kier alpha value is 0.1000. The largest absolute Gasteiger partial charge is 0.378 e. The highest BCUT2D eigenvalue weighted by Crippen LogP contribution is 2.04. The number of hydrogen-bond acceptors (Lipinski definition) is 2. The Kier molecular flexibility index (Phi) is 8.11. The van der Waals surface area contributed by atoms with Gasteiger partial charge in [-0.3, -0.25) is 0 Å². The summed E-state index contributed by atoms with van der Waals surface area (Å²) in [7, 11) is 0. The molecule has 0 fully saturated rings. The molecule has 1 unspecified atom stereocenters. The molecular weight excluding hydrogens is 336 g/mol. The molecule has 1 aromatic rings. The molecule has 0 N–H and O–H groups in total. The van der Waals surface area contributed by atoms with Crippen LogP contribution < -0.4 is 0 Å². The van der Waals surface area contributed by atoms with Crippen molar-refractivity contribution in [2.24, 2.45) is 0 Å². The Labute approximate surface area is 114 Å². The van der Waals surface area contributed by atoms with E-state index in [2.05, 4.69) is 44.0 Å². The number of rotatable bonds is 8. The molecule has 0 radical (unpaired) electrons. The molecule has 16 heavy (non-hydrogen) atoms. The molecule has 1 atom stereocenters. The topological polar surface area (TPSA) is 18.5 Å². The first kappa shape index (κ1) is 14.2. The number of benzene rings is 1. The summed E-state index contributed by atoms with van der Waals surface area (Å²) in [5.41, 5.74) is 1.20. The number of ether oxygens (including phenoxy) is 2. The van der Waals surface area contributed by atoms with Crippen molar-refractivity contribution in [1.29, 1.82) is 0 Å². The zero-order valence-electron chi connectivity index (χ0n) is 9.07. The van der Waals surface area contributed by atoms with E-state index >= 15 is 0 Å². The van der Waals surface area contributed by atoms with Gasteiger partial charge < -0.3 is 9.47 Å². The van der Waals surface area contributed by atoms with E-state index in [9.17, 15) is 0 Å². The Morgan fingerprint density at radius 1 is 1.06 bits per heavy atom. The van der Waals surface area contributed by atoms with Crippen molar-refractivity contribution in [3.8, 4) is 0 Å². The van der Waals surface area contributed by atoms with Crippen molar-refractivity contribution in [2.45, 2.75) is 11.4 Å². The van der Waals surface area contributed by atoms with Crippen LogP contribution in [0.3, 0.4) is 0 Å². The van der Waals surface area contributed by atoms with Crippen LogP contribution >= 0.6 is 31.9 Å². The summed E-state index contributed by atoms with van der Waals surface area (Å²) in [4.78, 5) is 0.377. The maximum Gasteiger partial charge on any atom is 0.0718 e. The maximum absolute atomic E-state index is 5.48. The third-order valence-corrected chi connectivity index (χ3v) is 4.19. The summed E-state index contributed by atoms with van der Waals surface area (Å²) in [6, 6.07) is 10.1. The highest BCUT2D eigenvalue weighted by molar-refractivity contribution is 9.12. The predicted molar refractivity (Wildman–Crippen MR) is 73.4 cm³/mol. The first-order chi connectivity index (χ1) is 7.83. The van der Waals surface area contributed by atoms with E-state index in [1.807, 2.05) is 18.2 Å². The molecule has 0 bridgehead atoms. The van der Waals surface area contributed by atoms with Gasteiger partial charge in [-0.1, -0.05) is 62.2 Å². The predicted octanol–water partition coefficient (Wildman–Crippen LogP) is 3.38. The van der Waals surface area contributed by atoms with E-state index in [0.29, 0.717) is 31.3 Å². The van der Waals surface area contributed by atoms with Gasteiger partial charge in [0.1, 0.15) is 0 Å². The lowest BCUT2D eigenvalue weighted by molar-refractivity contribution is 0.0426. The molecule has 1 aromatic carbocycles. The smallest absolute Gasteiger partial charge is 0.0718 e. The van der Waals surface area contributed by atoms with Crippen LogP contribution in [0.15, 0.2) is 30.3 Å². The molecule has 4 heteroatoms. The lowest BCUT2D eigenvalue weighted by Crippen LogP contribution is -2.13. The zero-order valence-corrected chi connectivity index (χ0v) is 12.2. The summed E-state index contributed by atoms with van der Waals surface area (Å²) in [6.45, 7) is 2.64. The van der Waals surface area contributed by atoms with Crippen LogP contribution in [0.2, 0.25) is 0 Å². The molecule has 0 amide bonds. The Morgan fingerprint density at radius 2 is 1.75 bits per heavy atom. The van der Waals surface area contributed by atoms with E-state index in [0.717, 1.165) is 5.33 Å². The molecule has 1 rings (SSSR count). The molecular formula is C12H16Br2O2. The molecule has 0 aliphatic heterocycles. The van der Waals surface area contributed by atoms with E-state index < -0.39 is 0 Å². The van der Waals surface area contributed by atoms with Crippen molar-refractivity contribution in [2.75, 3.05) is 25.2 Å². The minimum Gasteiger partial charge on any atom is -0.378 e. The molecule has 0 saturated carbocycles. The van der Waals surface area contributed by atoms with Gasteiger partial charge in [0, 0.05) is 10.2 Å². The quantitative estimate of drug-likeness (QED) is 0.528. The fraction of sp³-hybridized carbons (Fsp3) is 0.500. The van der Waals surface area contributed by atoms with Gasteiger partial charge in [-0.15, -0.1) is 0 Å². The van der Waals surface area contributed by atoms with Crippen molar-refractivity contribution >= 4 is 31.9 Å². The summed E-state index contributed by atoms with van der Waals surface area (Å²) in [5, 5.41) is 0.901. The highest BCUT2D eigenvalue weighted by Gasteiger charge is 2.00. The van der Waals surface area contributed by atoms with Gasteiger partial charge >= 0.3 is 0 Å². The molecule has 0 aliphatic rings. The molecule has 0 spiro atoms. The van der Waals surface area contributed by atoms with Crippen molar-refractivity contribution in [3.63, 3.8) is 0 Å². The first-order valence-electron chi connectivity index (χ1n) is 5.22. The van der Waals surface area contributed by atoms with Crippen LogP contribution in [0, 0.1) is 0 Å². The van der Waals surface area contributed by atoms with E-state index in [-0.39, 0.29) is 0 Å². The van der Waals surface area contributed by atoms with E-state index in [4.69, 9.17) is 9.47 Å². The summed E-state index contributed by atoms with van der Waals surface area (Å²) < 4.78 is 10.9. The summed E-state index contributed by atoms with van der Waals surface area (Å²) in [6.07, 6.45) is 0. The third-order valence-electron chi connectivity index (χ3n) is 1.95. The lowest BCUT2D eigenvalue weighted by Gasteiger charge is -2.08. The fourth-order valence-corrected chi connectivity index (χ4v) is 1.51. The highest BCUT2D eigenvalue weighted by atomic mass is 79.9. The van der Waals surface area contributed by atoms with Crippen LogP contribution in [-0.4, -0.2) is 30.0 Å². The average molecular weight is 352 g/mol. The first-order valence-corrected chi connectivity index (χ1v) is 7.26. The van der Waals surface area contributed by atoms with Gasteiger partial charge in [0.15, 0.2) is 0 Å². The minimum atomic E-state index is 0.377. The number of alkyl halides is 2. The minimum absolute atomic E-state index is 0.377. The van der Waals surface area contributed by atoms with Crippen LogP contribution in [0.5, 0.6) is 0 Å². The standard InChI is InChI=1S/C12H16Br2O2/c13-8-12(14)10-16-7-6-15-9-11-4-2-1-3-5-11/h1-5,12H,6-10H2. The second-order valence-corrected chi connectivity index (χ2v) is 5.31. The fourth-order valence-electron chi connectivity index (χ4n) is 1.14. The van der Waals surface area contributed by atoms with Crippen LogP contribution in [0.4, 0.5) is 0 Å². The van der Waals surface area contributed by atoms with Crippen LogP contribution in [0.25, 0.3) is 0 Å². The normalized spacial score (nSPS) is 12.6. The SMILES string of the molecule is BrCC(Br)COCCOCc1ccccc1. The van der Waals surface area contributed by atoms with E-state index in [1.54, 1.807) is 0 Å². The molecule has 0 saturated heterocycles. The maximum atomic E-state index is 5.48. The Morgan fingerprint density at radius 3 is 2.44 bits per heavy atom. The van der Waals surface area contributed by atoms with Gasteiger partial charge in [0.05, 0.1) is 26.4 Å². The second kappa shape index (κ2) is 9.16. The van der Waals surface area contributed by atoms with Gasteiger partial charge in [-0.2, -0.15) is 0 Å². The van der Waals surface area contributed by atoms with Gasteiger partial charge in [0.25, 0.3) is 0 Å². The van der Waals surface area contributed by atoms with Crippen LogP contribution in [-0.2, 0) is 16.1 Å². The summed E-state index contributed by atoms with van der Waals surface area (Å²) in [5.74, 6) is 0. The average Bonchev–Trinajstić information content (AvgIpc) is 2.34. The zero-order chi connectivity index (χ0) is 11.6. The van der Waals surface area contributed by atoms with Crippen molar-refractivity contribution in [3.05, 3.63) is 35.9 Å². The van der Waals surface area contributed by atoms with Gasteiger partial charge in [0.2, 0.25) is 0 Å². The van der Waals surface area contributed by atoms with Crippen molar-refractivity contribution < 1.29 is 9.47 Å². The molecule has 0 aromatic heterocycles. The van der Waals surface area contributed by atoms with Gasteiger partial charge in [-0.05, 0) is 5.56 Å². The Balaban J connectivity index is 1.96. The van der Waals surface area contributed by atoms with Gasteiger partial charge in [-0.25, -0.2) is 0 Å². The lowest BCUT2D eigenvalue weighted by atomic mass is 10.2. The Bertz CT molecular complexity index is 267. The third kappa shape index (κ3) is 6.63. The second-order valence-electron chi connectivity index (χ2n) is 3.36.